The summed E-state index contributed by atoms with van der Waals surface area (Å²) in [6.45, 7) is 5.58. The number of carboxylic acid groups (broad SMARTS) is 1. The molecule has 0 fully saturated rings. The minimum absolute atomic E-state index is 0.156. The molecule has 6 nitrogen and oxygen atoms in total. The summed E-state index contributed by atoms with van der Waals surface area (Å²) in [6.07, 6.45) is 0.787. The predicted molar refractivity (Wildman–Crippen MR) is 81.9 cm³/mol. The number of fused-ring (bicyclic) bond motifs is 1. The molecule has 2 rings (SSSR count). The highest BCUT2D eigenvalue weighted by Crippen LogP contribution is 2.16. The summed E-state index contributed by atoms with van der Waals surface area (Å²) >= 11 is 0. The number of aromatic nitrogens is 2. The molecule has 0 saturated carbocycles. The molecule has 1 aromatic carbocycles. The van der Waals surface area contributed by atoms with Crippen molar-refractivity contribution in [1.29, 1.82) is 0 Å². The number of nitrogens with one attached hydrogen (secondary N) is 1. The van der Waals surface area contributed by atoms with Crippen LogP contribution < -0.4 is 5.69 Å². The number of hydrogen-bond acceptors (Lipinski definition) is 3. The summed E-state index contributed by atoms with van der Waals surface area (Å²) in [7, 11) is 2.03. The van der Waals surface area contributed by atoms with E-state index in [2.05, 4.69) is 23.7 Å². The van der Waals surface area contributed by atoms with Gasteiger partial charge < -0.3 is 15.0 Å². The second-order valence-electron chi connectivity index (χ2n) is 5.52. The lowest BCUT2D eigenvalue weighted by molar-refractivity contribution is 0.0698. The van der Waals surface area contributed by atoms with E-state index in [1.54, 1.807) is 12.1 Å². The molecule has 1 aromatic heterocycles. The molecule has 0 saturated heterocycles. The zero-order valence-corrected chi connectivity index (χ0v) is 12.6. The quantitative estimate of drug-likeness (QED) is 0.850. The van der Waals surface area contributed by atoms with Gasteiger partial charge in [0.05, 0.1) is 16.6 Å². The highest BCUT2D eigenvalue weighted by atomic mass is 16.4. The van der Waals surface area contributed by atoms with E-state index in [1.807, 2.05) is 7.05 Å². The second kappa shape index (κ2) is 6.13. The normalized spacial score (nSPS) is 11.7. The van der Waals surface area contributed by atoms with Crippen LogP contribution in [0.4, 0.5) is 0 Å². The molecule has 0 radical (unpaired) electrons. The summed E-state index contributed by atoms with van der Waals surface area (Å²) in [5, 5.41) is 9.27. The first-order valence-corrected chi connectivity index (χ1v) is 7.07. The van der Waals surface area contributed by atoms with Crippen molar-refractivity contribution in [1.82, 2.24) is 14.5 Å². The number of nitrogens with zero attached hydrogens (tertiary/aromatic N) is 2. The van der Waals surface area contributed by atoms with Gasteiger partial charge in [0.1, 0.15) is 0 Å². The van der Waals surface area contributed by atoms with Crippen molar-refractivity contribution in [3.8, 4) is 0 Å². The first-order valence-electron chi connectivity index (χ1n) is 7.07. The lowest BCUT2D eigenvalue weighted by atomic mass is 10.2. The van der Waals surface area contributed by atoms with Gasteiger partial charge >= 0.3 is 11.7 Å². The Morgan fingerprint density at radius 3 is 2.76 bits per heavy atom. The number of benzene rings is 1. The molecule has 0 atom stereocenters. The Bertz CT molecular complexity index is 700. The van der Waals surface area contributed by atoms with Crippen LogP contribution in [0.2, 0.25) is 0 Å². The molecule has 2 N–H and O–H groups in total. The van der Waals surface area contributed by atoms with Gasteiger partial charge in [-0.2, -0.15) is 0 Å². The van der Waals surface area contributed by atoms with Gasteiger partial charge in [-0.25, -0.2) is 9.59 Å². The SMILES string of the molecule is CC(C)N(C)CCCn1c(=O)[nH]c2cccc(C(=O)O)c21. The van der Waals surface area contributed by atoms with Crippen LogP contribution in [0.3, 0.4) is 0 Å². The molecule has 0 aliphatic heterocycles. The molecule has 2 aromatic rings. The summed E-state index contributed by atoms with van der Waals surface area (Å²) in [5.41, 5.74) is 0.938. The fraction of sp³-hybridized carbons (Fsp3) is 0.467. The maximum atomic E-state index is 12.0. The van der Waals surface area contributed by atoms with E-state index < -0.39 is 5.97 Å². The van der Waals surface area contributed by atoms with E-state index in [0.717, 1.165) is 13.0 Å². The highest BCUT2D eigenvalue weighted by Gasteiger charge is 2.15. The smallest absolute Gasteiger partial charge is 0.337 e. The number of aromatic carboxylic acids is 1. The maximum absolute atomic E-state index is 12.0. The van der Waals surface area contributed by atoms with Crippen molar-refractivity contribution in [2.75, 3.05) is 13.6 Å². The Morgan fingerprint density at radius 1 is 1.43 bits per heavy atom. The molecule has 114 valence electrons. The van der Waals surface area contributed by atoms with Crippen LogP contribution in [0.15, 0.2) is 23.0 Å². The number of rotatable bonds is 6. The number of imidazole rings is 1. The molecule has 0 bridgehead atoms. The van der Waals surface area contributed by atoms with Crippen LogP contribution in [-0.2, 0) is 6.54 Å². The summed E-state index contributed by atoms with van der Waals surface area (Å²) in [5.74, 6) is -1.02. The van der Waals surface area contributed by atoms with Gasteiger partial charge in [-0.05, 0) is 46.0 Å². The van der Waals surface area contributed by atoms with Crippen molar-refractivity contribution < 1.29 is 9.90 Å². The Labute approximate surface area is 123 Å². The third kappa shape index (κ3) is 3.16. The Balaban J connectivity index is 2.29. The molecule has 0 unspecified atom stereocenters. The number of para-hydroxylation sites is 1. The number of carbonyl (C=O) groups is 1. The van der Waals surface area contributed by atoms with Crippen LogP contribution in [-0.4, -0.2) is 45.2 Å². The third-order valence-corrected chi connectivity index (χ3v) is 3.80. The fourth-order valence-corrected chi connectivity index (χ4v) is 2.34. The number of aryl methyl sites for hydroxylation is 1. The largest absolute Gasteiger partial charge is 0.478 e. The number of hydrogen-bond donors (Lipinski definition) is 2. The Kier molecular flexibility index (Phi) is 4.47. The van der Waals surface area contributed by atoms with Gasteiger partial charge in [-0.1, -0.05) is 6.07 Å². The molecule has 1 heterocycles. The average molecular weight is 291 g/mol. The van der Waals surface area contributed by atoms with E-state index in [9.17, 15) is 14.7 Å². The minimum Gasteiger partial charge on any atom is -0.478 e. The zero-order valence-electron chi connectivity index (χ0n) is 12.6. The van der Waals surface area contributed by atoms with Crippen LogP contribution in [0, 0.1) is 0 Å². The van der Waals surface area contributed by atoms with Gasteiger partial charge in [-0.3, -0.25) is 4.57 Å². The topological polar surface area (TPSA) is 78.3 Å². The molecule has 21 heavy (non-hydrogen) atoms. The minimum atomic E-state index is -1.02. The lowest BCUT2D eigenvalue weighted by Crippen LogP contribution is -2.29. The summed E-state index contributed by atoms with van der Waals surface area (Å²) < 4.78 is 1.52. The molecular weight excluding hydrogens is 270 g/mol. The number of aromatic amines is 1. The van der Waals surface area contributed by atoms with Crippen LogP contribution >= 0.6 is 0 Å². The van der Waals surface area contributed by atoms with Crippen LogP contribution in [0.25, 0.3) is 11.0 Å². The first kappa shape index (κ1) is 15.3. The molecule has 0 spiro atoms. The lowest BCUT2D eigenvalue weighted by Gasteiger charge is -2.20. The Hall–Kier alpha value is -2.08. The maximum Gasteiger partial charge on any atom is 0.337 e. The second-order valence-corrected chi connectivity index (χ2v) is 5.52. The van der Waals surface area contributed by atoms with Crippen molar-refractivity contribution in [3.63, 3.8) is 0 Å². The highest BCUT2D eigenvalue weighted by molar-refractivity contribution is 6.01. The van der Waals surface area contributed by atoms with Crippen LogP contribution in [0.5, 0.6) is 0 Å². The number of H-pyrrole nitrogens is 1. The van der Waals surface area contributed by atoms with Gasteiger partial charge in [0.2, 0.25) is 0 Å². The average Bonchev–Trinajstić information content (AvgIpc) is 2.74. The molecule has 0 aliphatic carbocycles. The third-order valence-electron chi connectivity index (χ3n) is 3.80. The monoisotopic (exact) mass is 291 g/mol. The van der Waals surface area contributed by atoms with Crippen molar-refractivity contribution in [3.05, 3.63) is 34.2 Å². The zero-order chi connectivity index (χ0) is 15.6. The van der Waals surface area contributed by atoms with Gasteiger partial charge in [0.15, 0.2) is 0 Å². The molecular formula is C15H21N3O3. The fourth-order valence-electron chi connectivity index (χ4n) is 2.34. The first-order chi connectivity index (χ1) is 9.91. The van der Waals surface area contributed by atoms with Crippen molar-refractivity contribution >= 4 is 17.0 Å². The standard InChI is InChI=1S/C15H21N3O3/c1-10(2)17(3)8-5-9-18-13-11(14(19)20)6-4-7-12(13)16-15(18)21/h4,6-7,10H,5,8-9H2,1-3H3,(H,16,21)(H,19,20). The molecule has 6 heteroatoms. The van der Waals surface area contributed by atoms with E-state index >= 15 is 0 Å². The summed E-state index contributed by atoms with van der Waals surface area (Å²) in [6, 6.07) is 5.33. The van der Waals surface area contributed by atoms with E-state index in [0.29, 0.717) is 23.6 Å². The summed E-state index contributed by atoms with van der Waals surface area (Å²) in [4.78, 5) is 28.2. The van der Waals surface area contributed by atoms with Gasteiger partial charge in [0, 0.05) is 12.6 Å². The van der Waals surface area contributed by atoms with Crippen molar-refractivity contribution in [2.45, 2.75) is 32.9 Å². The molecule has 0 amide bonds. The Morgan fingerprint density at radius 2 is 2.14 bits per heavy atom. The number of carboxylic acids is 1. The molecule has 0 aliphatic rings. The van der Waals surface area contributed by atoms with Crippen LogP contribution in [0.1, 0.15) is 30.6 Å². The predicted octanol–water partition coefficient (Wildman–Crippen LogP) is 1.76. The van der Waals surface area contributed by atoms with E-state index in [4.69, 9.17) is 0 Å². The van der Waals surface area contributed by atoms with E-state index in [1.165, 1.54) is 10.6 Å². The van der Waals surface area contributed by atoms with Gasteiger partial charge in [0.25, 0.3) is 0 Å². The van der Waals surface area contributed by atoms with Gasteiger partial charge in [-0.15, -0.1) is 0 Å². The van der Waals surface area contributed by atoms with E-state index in [-0.39, 0.29) is 11.3 Å². The van der Waals surface area contributed by atoms with Crippen molar-refractivity contribution in [2.24, 2.45) is 0 Å².